The number of aromatic nitrogens is 2. The lowest BCUT2D eigenvalue weighted by Crippen LogP contribution is -2.38. The number of carbonyl (C=O) groups is 1. The molecule has 0 unspecified atom stereocenters. The number of carbonyl (C=O) groups excluding carboxylic acids is 1. The van der Waals surface area contributed by atoms with Crippen molar-refractivity contribution in [3.63, 3.8) is 0 Å². The molecule has 4 heterocycles. The van der Waals surface area contributed by atoms with Crippen molar-refractivity contribution in [1.82, 2.24) is 14.9 Å². The summed E-state index contributed by atoms with van der Waals surface area (Å²) < 4.78 is 11.7. The van der Waals surface area contributed by atoms with E-state index in [9.17, 15) is 4.79 Å². The van der Waals surface area contributed by atoms with Gasteiger partial charge in [-0.25, -0.2) is 4.98 Å². The summed E-state index contributed by atoms with van der Waals surface area (Å²) in [5.74, 6) is 0.226. The van der Waals surface area contributed by atoms with Gasteiger partial charge >= 0.3 is 0 Å². The quantitative estimate of drug-likeness (QED) is 0.847. The van der Waals surface area contributed by atoms with E-state index in [1.807, 2.05) is 17.2 Å². The minimum absolute atomic E-state index is 0.000738. The Labute approximate surface area is 144 Å². The number of pyridine rings is 1. The maximum atomic E-state index is 12.8. The van der Waals surface area contributed by atoms with Crippen molar-refractivity contribution in [2.75, 3.05) is 19.8 Å². The molecule has 1 amide bonds. The molecule has 0 spiro atoms. The standard InChI is InChI=1S/C17H19N3O3S/c1-11-19-13(10-24-11)7-23-16-6-20(15-9-22-8-14(15)16)17(21)12-3-2-4-18-5-12/h2-5,10,14-16H,6-9H2,1H3/t14-,15+,16-/m0/s1. The maximum absolute atomic E-state index is 12.8. The van der Waals surface area contributed by atoms with Gasteiger partial charge in [-0.05, 0) is 19.1 Å². The third-order valence-electron chi connectivity index (χ3n) is 4.63. The summed E-state index contributed by atoms with van der Waals surface area (Å²) in [5.41, 5.74) is 1.56. The van der Waals surface area contributed by atoms with E-state index >= 15 is 0 Å². The molecule has 0 saturated carbocycles. The molecule has 2 fully saturated rings. The lowest BCUT2D eigenvalue weighted by atomic mass is 10.0. The zero-order valence-electron chi connectivity index (χ0n) is 13.4. The molecular weight excluding hydrogens is 326 g/mol. The number of rotatable bonds is 4. The van der Waals surface area contributed by atoms with E-state index in [-0.39, 0.29) is 24.0 Å². The first kappa shape index (κ1) is 15.7. The van der Waals surface area contributed by atoms with Crippen LogP contribution in [0.4, 0.5) is 0 Å². The number of thiazole rings is 1. The Morgan fingerprint density at radius 3 is 3.17 bits per heavy atom. The summed E-state index contributed by atoms with van der Waals surface area (Å²) in [4.78, 5) is 23.1. The number of aryl methyl sites for hydroxylation is 1. The monoisotopic (exact) mass is 345 g/mol. The van der Waals surface area contributed by atoms with Crippen LogP contribution in [0, 0.1) is 12.8 Å². The van der Waals surface area contributed by atoms with Crippen LogP contribution in [0.25, 0.3) is 0 Å². The Hall–Kier alpha value is -1.83. The second kappa shape index (κ2) is 6.58. The molecule has 2 saturated heterocycles. The lowest BCUT2D eigenvalue weighted by Gasteiger charge is -2.22. The molecule has 0 radical (unpaired) electrons. The molecule has 2 aromatic heterocycles. The van der Waals surface area contributed by atoms with Gasteiger partial charge < -0.3 is 14.4 Å². The lowest BCUT2D eigenvalue weighted by molar-refractivity contribution is 0.00816. The van der Waals surface area contributed by atoms with Gasteiger partial charge in [0.25, 0.3) is 5.91 Å². The summed E-state index contributed by atoms with van der Waals surface area (Å²) in [7, 11) is 0. The van der Waals surface area contributed by atoms with Crippen molar-refractivity contribution in [2.45, 2.75) is 25.7 Å². The summed E-state index contributed by atoms with van der Waals surface area (Å²) in [6.45, 7) is 4.27. The highest BCUT2D eigenvalue weighted by Gasteiger charge is 2.48. The average Bonchev–Trinajstić information content (AvgIpc) is 3.30. The van der Waals surface area contributed by atoms with Crippen molar-refractivity contribution in [3.05, 3.63) is 46.2 Å². The minimum Gasteiger partial charge on any atom is -0.379 e. The highest BCUT2D eigenvalue weighted by Crippen LogP contribution is 2.33. The van der Waals surface area contributed by atoms with Crippen LogP contribution in [0.15, 0.2) is 29.9 Å². The fourth-order valence-corrected chi connectivity index (χ4v) is 4.03. The number of fused-ring (bicyclic) bond motifs is 1. The Morgan fingerprint density at radius 2 is 2.42 bits per heavy atom. The van der Waals surface area contributed by atoms with E-state index < -0.39 is 0 Å². The minimum atomic E-state index is -0.0138. The number of hydrogen-bond donors (Lipinski definition) is 0. The summed E-state index contributed by atoms with van der Waals surface area (Å²) in [5, 5.41) is 3.06. The Kier molecular flexibility index (Phi) is 4.30. The molecule has 7 heteroatoms. The molecule has 2 aliphatic heterocycles. The van der Waals surface area contributed by atoms with Gasteiger partial charge in [-0.15, -0.1) is 11.3 Å². The number of nitrogens with zero attached hydrogens (tertiary/aromatic N) is 3. The highest BCUT2D eigenvalue weighted by atomic mass is 32.1. The fourth-order valence-electron chi connectivity index (χ4n) is 3.43. The number of ether oxygens (including phenoxy) is 2. The second-order valence-corrected chi connectivity index (χ2v) is 7.24. The maximum Gasteiger partial charge on any atom is 0.255 e. The summed E-state index contributed by atoms with van der Waals surface area (Å²) in [6.07, 6.45) is 3.27. The summed E-state index contributed by atoms with van der Waals surface area (Å²) in [6, 6.07) is 3.66. The zero-order chi connectivity index (χ0) is 16.5. The van der Waals surface area contributed by atoms with Gasteiger partial charge in [0, 0.05) is 30.2 Å². The number of amides is 1. The molecule has 2 aliphatic rings. The number of likely N-dealkylation sites (tertiary alicyclic amines) is 1. The fraction of sp³-hybridized carbons (Fsp3) is 0.471. The first-order chi connectivity index (χ1) is 11.7. The second-order valence-electron chi connectivity index (χ2n) is 6.18. The van der Waals surface area contributed by atoms with Crippen LogP contribution in [0.3, 0.4) is 0 Å². The Morgan fingerprint density at radius 1 is 1.50 bits per heavy atom. The molecule has 0 bridgehead atoms. The molecule has 0 aliphatic carbocycles. The molecule has 0 N–H and O–H groups in total. The molecule has 0 aromatic carbocycles. The van der Waals surface area contributed by atoms with Gasteiger partial charge in [0.1, 0.15) is 0 Å². The highest BCUT2D eigenvalue weighted by molar-refractivity contribution is 7.09. The van der Waals surface area contributed by atoms with Gasteiger partial charge in [-0.3, -0.25) is 9.78 Å². The molecule has 24 heavy (non-hydrogen) atoms. The third-order valence-corrected chi connectivity index (χ3v) is 5.45. The molecule has 4 rings (SSSR count). The topological polar surface area (TPSA) is 64.5 Å². The third kappa shape index (κ3) is 2.94. The van der Waals surface area contributed by atoms with Crippen LogP contribution < -0.4 is 0 Å². The zero-order valence-corrected chi connectivity index (χ0v) is 14.2. The van der Waals surface area contributed by atoms with Crippen molar-refractivity contribution < 1.29 is 14.3 Å². The van der Waals surface area contributed by atoms with Crippen molar-refractivity contribution >= 4 is 17.2 Å². The van der Waals surface area contributed by atoms with Crippen molar-refractivity contribution in [3.8, 4) is 0 Å². The Balaban J connectivity index is 1.46. The van der Waals surface area contributed by atoms with E-state index in [2.05, 4.69) is 9.97 Å². The molecule has 126 valence electrons. The summed E-state index contributed by atoms with van der Waals surface area (Å²) >= 11 is 1.62. The molecule has 3 atom stereocenters. The predicted octanol–water partition coefficient (Wildman–Crippen LogP) is 1.90. The predicted molar refractivity (Wildman–Crippen MR) is 88.8 cm³/mol. The van der Waals surface area contributed by atoms with E-state index in [1.165, 1.54) is 0 Å². The van der Waals surface area contributed by atoms with Gasteiger partial charge in [-0.1, -0.05) is 0 Å². The van der Waals surface area contributed by atoms with Crippen LogP contribution in [0.1, 0.15) is 21.1 Å². The number of hydrogen-bond acceptors (Lipinski definition) is 6. The van der Waals surface area contributed by atoms with Gasteiger partial charge in [0.05, 0.1) is 48.2 Å². The van der Waals surface area contributed by atoms with Gasteiger partial charge in [-0.2, -0.15) is 0 Å². The smallest absolute Gasteiger partial charge is 0.255 e. The molecule has 6 nitrogen and oxygen atoms in total. The normalized spacial score (nSPS) is 25.9. The van der Waals surface area contributed by atoms with Crippen LogP contribution in [-0.2, 0) is 16.1 Å². The van der Waals surface area contributed by atoms with Crippen LogP contribution in [0.5, 0.6) is 0 Å². The first-order valence-electron chi connectivity index (χ1n) is 8.03. The van der Waals surface area contributed by atoms with Gasteiger partial charge in [0.15, 0.2) is 0 Å². The first-order valence-corrected chi connectivity index (χ1v) is 8.91. The van der Waals surface area contributed by atoms with E-state index in [1.54, 1.807) is 35.9 Å². The average molecular weight is 345 g/mol. The SMILES string of the molecule is Cc1nc(CO[C@H]2CN(C(=O)c3cccnc3)[C@@H]3COC[C@H]23)cs1. The van der Waals surface area contributed by atoms with Crippen molar-refractivity contribution in [2.24, 2.45) is 5.92 Å². The van der Waals surface area contributed by atoms with Crippen LogP contribution in [-0.4, -0.2) is 52.7 Å². The van der Waals surface area contributed by atoms with Gasteiger partial charge in [0.2, 0.25) is 0 Å². The Bertz CT molecular complexity index is 721. The largest absolute Gasteiger partial charge is 0.379 e. The van der Waals surface area contributed by atoms with E-state index in [0.717, 1.165) is 10.7 Å². The molecular formula is C17H19N3O3S. The van der Waals surface area contributed by atoms with Crippen LogP contribution in [0.2, 0.25) is 0 Å². The van der Waals surface area contributed by atoms with E-state index in [4.69, 9.17) is 9.47 Å². The molecule has 2 aromatic rings. The van der Waals surface area contributed by atoms with Crippen LogP contribution >= 0.6 is 11.3 Å². The van der Waals surface area contributed by atoms with E-state index in [0.29, 0.717) is 31.9 Å². The van der Waals surface area contributed by atoms with Crippen molar-refractivity contribution in [1.29, 1.82) is 0 Å².